The van der Waals surface area contributed by atoms with Crippen molar-refractivity contribution in [1.29, 1.82) is 0 Å². The standard InChI is InChI=1S/C27H24N8O2/c1-16-22(25-29-12-5-13-34(25)32-16)26(36)30-17(2)24-31-21-7-4-6-18(8-9-20-14-28-15-33(20)3)23(21)27(37)35(24)19-10-11-19/h4-7,12-15,17,19H,10-11H2,1-3H3,(H,30,36). The Morgan fingerprint density at radius 3 is 2.81 bits per heavy atom. The average molecular weight is 493 g/mol. The van der Waals surface area contributed by atoms with Crippen LogP contribution in [0.3, 0.4) is 0 Å². The number of aromatic nitrogens is 7. The van der Waals surface area contributed by atoms with E-state index in [0.29, 0.717) is 39.2 Å². The van der Waals surface area contributed by atoms with E-state index < -0.39 is 6.04 Å². The van der Waals surface area contributed by atoms with Crippen molar-refractivity contribution in [2.45, 2.75) is 38.8 Å². The summed E-state index contributed by atoms with van der Waals surface area (Å²) in [6.07, 6.45) is 8.52. The molecule has 0 spiro atoms. The molecule has 1 atom stereocenters. The Morgan fingerprint density at radius 2 is 2.05 bits per heavy atom. The van der Waals surface area contributed by atoms with E-state index in [1.165, 1.54) is 0 Å². The molecule has 0 radical (unpaired) electrons. The molecular weight excluding hydrogens is 468 g/mol. The van der Waals surface area contributed by atoms with Crippen LogP contribution >= 0.6 is 0 Å². The van der Waals surface area contributed by atoms with Gasteiger partial charge in [0.1, 0.15) is 17.1 Å². The number of rotatable bonds is 4. The van der Waals surface area contributed by atoms with Crippen LogP contribution in [0, 0.1) is 18.8 Å². The molecule has 5 aromatic rings. The van der Waals surface area contributed by atoms with Crippen LogP contribution in [-0.2, 0) is 7.05 Å². The number of carbonyl (C=O) groups is 1. The Morgan fingerprint density at radius 1 is 1.22 bits per heavy atom. The SMILES string of the molecule is Cc1nn2cccnc2c1C(=O)NC(C)c1nc2cccc(C#Cc3cncn3C)c2c(=O)n1C1CC1. The van der Waals surface area contributed by atoms with Crippen molar-refractivity contribution in [2.75, 3.05) is 0 Å². The summed E-state index contributed by atoms with van der Waals surface area (Å²) in [5.74, 6) is 6.43. The Hall–Kier alpha value is -4.78. The van der Waals surface area contributed by atoms with Gasteiger partial charge in [0, 0.05) is 31.0 Å². The molecule has 184 valence electrons. The Bertz CT molecular complexity index is 1810. The first-order valence-electron chi connectivity index (χ1n) is 12.1. The second-order valence-electron chi connectivity index (χ2n) is 9.26. The van der Waals surface area contributed by atoms with Crippen molar-refractivity contribution >= 4 is 22.5 Å². The summed E-state index contributed by atoms with van der Waals surface area (Å²) < 4.78 is 5.13. The van der Waals surface area contributed by atoms with E-state index in [9.17, 15) is 9.59 Å². The highest BCUT2D eigenvalue weighted by atomic mass is 16.2. The minimum absolute atomic E-state index is 0.0530. The highest BCUT2D eigenvalue weighted by molar-refractivity contribution is 6.01. The normalized spacial score (nSPS) is 13.9. The molecule has 1 saturated carbocycles. The number of fused-ring (bicyclic) bond motifs is 2. The van der Waals surface area contributed by atoms with Crippen LogP contribution < -0.4 is 10.9 Å². The summed E-state index contributed by atoms with van der Waals surface area (Å²) in [4.78, 5) is 40.4. The monoisotopic (exact) mass is 492 g/mol. The lowest BCUT2D eigenvalue weighted by atomic mass is 10.1. The maximum absolute atomic E-state index is 13.8. The van der Waals surface area contributed by atoms with Crippen LogP contribution in [-0.4, -0.2) is 39.6 Å². The zero-order valence-electron chi connectivity index (χ0n) is 20.6. The summed E-state index contributed by atoms with van der Waals surface area (Å²) in [7, 11) is 1.87. The van der Waals surface area contributed by atoms with Crippen molar-refractivity contribution < 1.29 is 4.79 Å². The quantitative estimate of drug-likeness (QED) is 0.386. The third kappa shape index (κ3) is 3.94. The summed E-state index contributed by atoms with van der Waals surface area (Å²) >= 11 is 0. The zero-order chi connectivity index (χ0) is 25.7. The predicted molar refractivity (Wildman–Crippen MR) is 137 cm³/mol. The maximum Gasteiger partial charge on any atom is 0.262 e. The van der Waals surface area contributed by atoms with Gasteiger partial charge in [0.2, 0.25) is 0 Å². The molecular formula is C27H24N8O2. The van der Waals surface area contributed by atoms with Gasteiger partial charge in [0.15, 0.2) is 5.65 Å². The smallest absolute Gasteiger partial charge is 0.262 e. The lowest BCUT2D eigenvalue weighted by Gasteiger charge is -2.19. The Labute approximate surface area is 212 Å². The van der Waals surface area contributed by atoms with Crippen LogP contribution in [0.15, 0.2) is 54.0 Å². The Balaban J connectivity index is 1.41. The molecule has 0 bridgehead atoms. The van der Waals surface area contributed by atoms with Crippen LogP contribution in [0.4, 0.5) is 0 Å². The highest BCUT2D eigenvalue weighted by Crippen LogP contribution is 2.36. The Kier molecular flexibility index (Phi) is 5.34. The number of imidazole rings is 1. The van der Waals surface area contributed by atoms with Crippen molar-refractivity contribution in [3.8, 4) is 11.8 Å². The van der Waals surface area contributed by atoms with E-state index >= 15 is 0 Å². The molecule has 0 saturated heterocycles. The van der Waals surface area contributed by atoms with E-state index in [4.69, 9.17) is 4.98 Å². The number of benzene rings is 1. The number of amides is 1. The first-order valence-corrected chi connectivity index (χ1v) is 12.1. The molecule has 1 aliphatic carbocycles. The van der Waals surface area contributed by atoms with Crippen molar-refractivity contribution in [3.63, 3.8) is 0 Å². The van der Waals surface area contributed by atoms with E-state index in [0.717, 1.165) is 18.5 Å². The van der Waals surface area contributed by atoms with E-state index in [-0.39, 0.29) is 17.5 Å². The molecule has 10 nitrogen and oxygen atoms in total. The molecule has 1 aliphatic rings. The molecule has 1 amide bonds. The first-order chi connectivity index (χ1) is 17.9. The number of aryl methyl sites for hydroxylation is 2. The molecule has 1 N–H and O–H groups in total. The summed E-state index contributed by atoms with van der Waals surface area (Å²) in [6.45, 7) is 3.61. The number of hydrogen-bond acceptors (Lipinski definition) is 6. The van der Waals surface area contributed by atoms with Gasteiger partial charge in [-0.3, -0.25) is 14.2 Å². The van der Waals surface area contributed by atoms with E-state index in [1.54, 1.807) is 53.1 Å². The van der Waals surface area contributed by atoms with Gasteiger partial charge in [-0.2, -0.15) is 5.10 Å². The lowest BCUT2D eigenvalue weighted by molar-refractivity contribution is 0.0938. The van der Waals surface area contributed by atoms with Crippen molar-refractivity contribution in [2.24, 2.45) is 7.05 Å². The molecule has 37 heavy (non-hydrogen) atoms. The summed E-state index contributed by atoms with van der Waals surface area (Å²) in [6, 6.07) is 6.76. The third-order valence-electron chi connectivity index (χ3n) is 6.54. The first kappa shape index (κ1) is 22.7. The van der Waals surface area contributed by atoms with Gasteiger partial charge in [-0.25, -0.2) is 19.5 Å². The van der Waals surface area contributed by atoms with Crippen LogP contribution in [0.25, 0.3) is 16.6 Å². The third-order valence-corrected chi connectivity index (χ3v) is 6.54. The molecule has 1 unspecified atom stereocenters. The lowest BCUT2D eigenvalue weighted by Crippen LogP contribution is -2.34. The number of nitrogens with one attached hydrogen (secondary N) is 1. The molecule has 6 rings (SSSR count). The molecule has 4 heterocycles. The summed E-state index contributed by atoms with van der Waals surface area (Å²) in [5.41, 5.74) is 3.22. The number of hydrogen-bond donors (Lipinski definition) is 1. The van der Waals surface area contributed by atoms with Crippen molar-refractivity contribution in [1.82, 2.24) is 39.0 Å². The topological polar surface area (TPSA) is 112 Å². The van der Waals surface area contributed by atoms with Gasteiger partial charge < -0.3 is 9.88 Å². The van der Waals surface area contributed by atoms with Gasteiger partial charge in [-0.05, 0) is 50.8 Å². The average Bonchev–Trinajstić information content (AvgIpc) is 3.54. The van der Waals surface area contributed by atoms with E-state index in [1.807, 2.05) is 30.7 Å². The number of nitrogens with zero attached hydrogens (tertiary/aromatic N) is 7. The van der Waals surface area contributed by atoms with E-state index in [2.05, 4.69) is 32.2 Å². The fraction of sp³-hybridized carbons (Fsp3) is 0.259. The van der Waals surface area contributed by atoms with Gasteiger partial charge in [0.25, 0.3) is 11.5 Å². The zero-order valence-corrected chi connectivity index (χ0v) is 20.6. The van der Waals surface area contributed by atoms with Gasteiger partial charge >= 0.3 is 0 Å². The van der Waals surface area contributed by atoms with Crippen molar-refractivity contribution in [3.05, 3.63) is 87.9 Å². The second kappa shape index (κ2) is 8.71. The van der Waals surface area contributed by atoms with Gasteiger partial charge in [0.05, 0.1) is 35.2 Å². The summed E-state index contributed by atoms with van der Waals surface area (Å²) in [5, 5.41) is 7.88. The highest BCUT2D eigenvalue weighted by Gasteiger charge is 2.31. The fourth-order valence-corrected chi connectivity index (χ4v) is 4.56. The van der Waals surface area contributed by atoms with Crippen LogP contribution in [0.5, 0.6) is 0 Å². The second-order valence-corrected chi connectivity index (χ2v) is 9.26. The molecule has 1 aromatic carbocycles. The predicted octanol–water partition coefficient (Wildman–Crippen LogP) is 2.71. The van der Waals surface area contributed by atoms with Gasteiger partial charge in [-0.1, -0.05) is 12.0 Å². The molecule has 0 aliphatic heterocycles. The number of carbonyl (C=O) groups excluding carboxylic acids is 1. The molecule has 1 fully saturated rings. The van der Waals surface area contributed by atoms with Crippen LogP contribution in [0.1, 0.15) is 65.0 Å². The van der Waals surface area contributed by atoms with Gasteiger partial charge in [-0.15, -0.1) is 0 Å². The fourth-order valence-electron chi connectivity index (χ4n) is 4.56. The molecule has 10 heteroatoms. The molecule has 4 aromatic heterocycles. The van der Waals surface area contributed by atoms with Crippen LogP contribution in [0.2, 0.25) is 0 Å². The minimum Gasteiger partial charge on any atom is -0.342 e. The largest absolute Gasteiger partial charge is 0.342 e. The maximum atomic E-state index is 13.8. The minimum atomic E-state index is -0.521.